The fraction of sp³-hybridized carbons (Fsp3) is 0.350. The van der Waals surface area contributed by atoms with Crippen LogP contribution in [0.2, 0.25) is 0 Å². The Bertz CT molecular complexity index is 759. The van der Waals surface area contributed by atoms with Crippen molar-refractivity contribution in [1.82, 2.24) is 15.2 Å². The van der Waals surface area contributed by atoms with Gasteiger partial charge in [-0.25, -0.2) is 4.79 Å². The molecule has 1 N–H and O–H groups in total. The summed E-state index contributed by atoms with van der Waals surface area (Å²) in [6.07, 6.45) is 1.34. The molecule has 0 aliphatic carbocycles. The van der Waals surface area contributed by atoms with Gasteiger partial charge < -0.3 is 14.8 Å². The van der Waals surface area contributed by atoms with Crippen molar-refractivity contribution >= 4 is 11.9 Å². The molecule has 1 aliphatic heterocycles. The molecular weight excluding hydrogens is 346 g/mol. The fourth-order valence-corrected chi connectivity index (χ4v) is 3.07. The molecule has 1 aromatic carbocycles. The van der Waals surface area contributed by atoms with Crippen LogP contribution in [0.15, 0.2) is 48.7 Å². The van der Waals surface area contributed by atoms with Crippen molar-refractivity contribution in [3.05, 3.63) is 65.5 Å². The highest BCUT2D eigenvalue weighted by atomic mass is 16.5. The lowest BCUT2D eigenvalue weighted by Crippen LogP contribution is -2.43. The van der Waals surface area contributed by atoms with Crippen molar-refractivity contribution < 1.29 is 19.1 Å². The molecule has 1 aromatic heterocycles. The van der Waals surface area contributed by atoms with Crippen molar-refractivity contribution in [3.63, 3.8) is 0 Å². The van der Waals surface area contributed by atoms with E-state index in [0.29, 0.717) is 25.3 Å². The van der Waals surface area contributed by atoms with Crippen molar-refractivity contribution in [1.29, 1.82) is 0 Å². The summed E-state index contributed by atoms with van der Waals surface area (Å²) in [6.45, 7) is 3.48. The molecule has 1 atom stereocenters. The number of amides is 1. The number of carbonyl (C=O) groups is 2. The van der Waals surface area contributed by atoms with Gasteiger partial charge in [-0.15, -0.1) is 0 Å². The molecule has 0 spiro atoms. The van der Waals surface area contributed by atoms with Crippen LogP contribution in [0.5, 0.6) is 0 Å². The Balaban J connectivity index is 1.67. The number of pyridine rings is 1. The van der Waals surface area contributed by atoms with Gasteiger partial charge in [-0.2, -0.15) is 0 Å². The number of carbonyl (C=O) groups excluding carboxylic acids is 2. The number of benzene rings is 1. The molecule has 27 heavy (non-hydrogen) atoms. The summed E-state index contributed by atoms with van der Waals surface area (Å²) < 4.78 is 10.1. The summed E-state index contributed by atoms with van der Waals surface area (Å²) in [5.41, 5.74) is 1.72. The third-order valence-corrected chi connectivity index (χ3v) is 4.54. The van der Waals surface area contributed by atoms with Crippen molar-refractivity contribution in [2.45, 2.75) is 6.04 Å². The van der Waals surface area contributed by atoms with Gasteiger partial charge in [-0.05, 0) is 17.7 Å². The first-order valence-corrected chi connectivity index (χ1v) is 8.88. The molecule has 1 fully saturated rings. The first-order chi connectivity index (χ1) is 13.2. The standard InChI is InChI=1S/C20H23N3O4/c1-26-20(25)16-7-8-17(21-13-16)19(24)22-14-18(15-5-3-2-4-6-15)23-9-11-27-12-10-23/h2-8,13,18H,9-12,14H2,1H3,(H,22,24)/t18-/m0/s1. The van der Waals surface area contributed by atoms with Crippen LogP contribution < -0.4 is 5.32 Å². The minimum atomic E-state index is -0.481. The molecule has 2 aromatic rings. The summed E-state index contributed by atoms with van der Waals surface area (Å²) >= 11 is 0. The summed E-state index contributed by atoms with van der Waals surface area (Å²) in [6, 6.07) is 13.2. The molecule has 2 heterocycles. The maximum Gasteiger partial charge on any atom is 0.339 e. The quantitative estimate of drug-likeness (QED) is 0.780. The van der Waals surface area contributed by atoms with Crippen LogP contribution >= 0.6 is 0 Å². The van der Waals surface area contributed by atoms with Crippen LogP contribution in [0.3, 0.4) is 0 Å². The largest absolute Gasteiger partial charge is 0.465 e. The number of esters is 1. The smallest absolute Gasteiger partial charge is 0.339 e. The average molecular weight is 369 g/mol. The van der Waals surface area contributed by atoms with Gasteiger partial charge in [-0.1, -0.05) is 30.3 Å². The molecular formula is C20H23N3O4. The maximum absolute atomic E-state index is 12.5. The zero-order valence-corrected chi connectivity index (χ0v) is 15.3. The second kappa shape index (κ2) is 9.25. The number of ether oxygens (including phenoxy) is 2. The SMILES string of the molecule is COC(=O)c1ccc(C(=O)NC[C@@H](c2ccccc2)N2CCOCC2)nc1. The normalized spacial score (nSPS) is 15.7. The Morgan fingerprint density at radius 1 is 1.19 bits per heavy atom. The second-order valence-corrected chi connectivity index (χ2v) is 6.21. The predicted octanol–water partition coefficient (Wildman–Crippen LogP) is 1.67. The molecule has 3 rings (SSSR count). The number of methoxy groups -OCH3 is 1. The Kier molecular flexibility index (Phi) is 6.51. The highest BCUT2D eigenvalue weighted by Crippen LogP contribution is 2.21. The van der Waals surface area contributed by atoms with Crippen molar-refractivity contribution in [2.75, 3.05) is 40.0 Å². The monoisotopic (exact) mass is 369 g/mol. The molecule has 7 heteroatoms. The zero-order chi connectivity index (χ0) is 19.1. The molecule has 7 nitrogen and oxygen atoms in total. The Hall–Kier alpha value is -2.77. The third-order valence-electron chi connectivity index (χ3n) is 4.54. The zero-order valence-electron chi connectivity index (χ0n) is 15.3. The van der Waals surface area contributed by atoms with E-state index in [4.69, 9.17) is 4.74 Å². The lowest BCUT2D eigenvalue weighted by Gasteiger charge is -2.34. The van der Waals surface area contributed by atoms with Gasteiger partial charge in [0, 0.05) is 25.8 Å². The highest BCUT2D eigenvalue weighted by Gasteiger charge is 2.23. The highest BCUT2D eigenvalue weighted by molar-refractivity contribution is 5.94. The van der Waals surface area contributed by atoms with Gasteiger partial charge in [0.15, 0.2) is 0 Å². The van der Waals surface area contributed by atoms with Gasteiger partial charge in [-0.3, -0.25) is 14.7 Å². The van der Waals surface area contributed by atoms with Crippen LogP contribution in [0.1, 0.15) is 32.5 Å². The van der Waals surface area contributed by atoms with Gasteiger partial charge in [0.1, 0.15) is 5.69 Å². The lowest BCUT2D eigenvalue weighted by atomic mass is 10.0. The molecule has 0 radical (unpaired) electrons. The van der Waals surface area contributed by atoms with E-state index in [1.54, 1.807) is 0 Å². The fourth-order valence-electron chi connectivity index (χ4n) is 3.07. The number of hydrogen-bond acceptors (Lipinski definition) is 6. The first-order valence-electron chi connectivity index (χ1n) is 8.88. The number of hydrogen-bond donors (Lipinski definition) is 1. The first kappa shape index (κ1) is 19.0. The summed E-state index contributed by atoms with van der Waals surface area (Å²) in [4.78, 5) is 30.3. The molecule has 1 saturated heterocycles. The maximum atomic E-state index is 12.5. The molecule has 1 aliphatic rings. The van der Waals surface area contributed by atoms with Crippen molar-refractivity contribution in [3.8, 4) is 0 Å². The second-order valence-electron chi connectivity index (χ2n) is 6.21. The van der Waals surface area contributed by atoms with Crippen LogP contribution in [0, 0.1) is 0 Å². The molecule has 142 valence electrons. The van der Waals surface area contributed by atoms with Crippen LogP contribution in [0.4, 0.5) is 0 Å². The number of nitrogens with zero attached hydrogens (tertiary/aromatic N) is 2. The lowest BCUT2D eigenvalue weighted by molar-refractivity contribution is 0.0162. The van der Waals surface area contributed by atoms with Crippen LogP contribution in [-0.2, 0) is 9.47 Å². The van der Waals surface area contributed by atoms with Gasteiger partial charge in [0.25, 0.3) is 5.91 Å². The molecule has 0 saturated carbocycles. The minimum Gasteiger partial charge on any atom is -0.465 e. The summed E-state index contributed by atoms with van der Waals surface area (Å²) in [5.74, 6) is -0.758. The van der Waals surface area contributed by atoms with E-state index in [9.17, 15) is 9.59 Å². The molecule has 1 amide bonds. The van der Waals surface area contributed by atoms with E-state index in [2.05, 4.69) is 32.1 Å². The predicted molar refractivity (Wildman–Crippen MR) is 99.5 cm³/mol. The number of morpholine rings is 1. The molecule has 0 bridgehead atoms. The van der Waals surface area contributed by atoms with E-state index < -0.39 is 5.97 Å². The van der Waals surface area contributed by atoms with Crippen LogP contribution in [0.25, 0.3) is 0 Å². The third kappa shape index (κ3) is 4.90. The van der Waals surface area contributed by atoms with E-state index in [0.717, 1.165) is 18.7 Å². The number of nitrogens with one attached hydrogen (secondary N) is 1. The number of rotatable bonds is 6. The average Bonchev–Trinajstić information content (AvgIpc) is 2.75. The summed E-state index contributed by atoms with van der Waals surface area (Å²) in [5, 5.41) is 2.96. The molecule has 0 unspecified atom stereocenters. The van der Waals surface area contributed by atoms with Gasteiger partial charge in [0.05, 0.1) is 31.9 Å². The Morgan fingerprint density at radius 3 is 2.56 bits per heavy atom. The van der Waals surface area contributed by atoms with Gasteiger partial charge >= 0.3 is 5.97 Å². The summed E-state index contributed by atoms with van der Waals surface area (Å²) in [7, 11) is 1.30. The van der Waals surface area contributed by atoms with E-state index in [1.807, 2.05) is 18.2 Å². The Labute approximate surface area is 158 Å². The van der Waals surface area contributed by atoms with E-state index >= 15 is 0 Å². The van der Waals surface area contributed by atoms with Gasteiger partial charge in [0.2, 0.25) is 0 Å². The van der Waals surface area contributed by atoms with Crippen LogP contribution in [-0.4, -0.2) is 61.7 Å². The minimum absolute atomic E-state index is 0.0633. The topological polar surface area (TPSA) is 80.8 Å². The Morgan fingerprint density at radius 2 is 1.93 bits per heavy atom. The van der Waals surface area contributed by atoms with E-state index in [1.165, 1.54) is 25.4 Å². The van der Waals surface area contributed by atoms with E-state index in [-0.39, 0.29) is 17.6 Å². The number of aromatic nitrogens is 1. The van der Waals surface area contributed by atoms with Crippen molar-refractivity contribution in [2.24, 2.45) is 0 Å².